The first kappa shape index (κ1) is 35.9. The molecule has 0 bridgehead atoms. The van der Waals surface area contributed by atoms with E-state index in [0.29, 0.717) is 28.2 Å². The van der Waals surface area contributed by atoms with Gasteiger partial charge < -0.3 is 31.2 Å². The molecule has 1 aromatic heterocycles. The number of aryl methyl sites for hydroxylation is 2. The molecule has 3 amide bonds. The van der Waals surface area contributed by atoms with Crippen LogP contribution in [-0.4, -0.2) is 45.6 Å². The van der Waals surface area contributed by atoms with Gasteiger partial charge in [0.1, 0.15) is 17.0 Å². The molecule has 3 aromatic carbocycles. The number of benzene rings is 3. The number of nitrogens with two attached hydrogens (primary N) is 2. The van der Waals surface area contributed by atoms with E-state index in [0.717, 1.165) is 16.7 Å². The van der Waals surface area contributed by atoms with E-state index >= 15 is 0 Å². The molecular formula is C38H47N5O5. The van der Waals surface area contributed by atoms with Gasteiger partial charge in [0.2, 0.25) is 11.8 Å². The molecule has 6 N–H and O–H groups in total. The Hall–Kier alpha value is -4.96. The van der Waals surface area contributed by atoms with Crippen LogP contribution >= 0.6 is 0 Å². The largest absolute Gasteiger partial charge is 0.444 e. The molecule has 4 rings (SSSR count). The van der Waals surface area contributed by atoms with Crippen LogP contribution in [0.2, 0.25) is 0 Å². The summed E-state index contributed by atoms with van der Waals surface area (Å²) in [4.78, 5) is 48.6. The smallest absolute Gasteiger partial charge is 0.408 e. The minimum absolute atomic E-state index is 0.0456. The minimum atomic E-state index is -1.84. The number of imidazole rings is 1. The second-order valence-corrected chi connectivity index (χ2v) is 13.6. The Kier molecular flexibility index (Phi) is 11.1. The van der Waals surface area contributed by atoms with Crippen LogP contribution in [0.15, 0.2) is 79.0 Å². The highest BCUT2D eigenvalue weighted by Crippen LogP contribution is 2.46. The monoisotopic (exact) mass is 653 g/mol. The van der Waals surface area contributed by atoms with Gasteiger partial charge in [-0.1, -0.05) is 74.5 Å². The van der Waals surface area contributed by atoms with E-state index in [9.17, 15) is 14.4 Å². The van der Waals surface area contributed by atoms with Gasteiger partial charge in [-0.15, -0.1) is 0 Å². The fourth-order valence-electron chi connectivity index (χ4n) is 6.51. The van der Waals surface area contributed by atoms with E-state index in [2.05, 4.69) is 10.3 Å². The van der Waals surface area contributed by atoms with Crippen molar-refractivity contribution >= 4 is 17.9 Å². The van der Waals surface area contributed by atoms with Crippen LogP contribution < -0.4 is 16.8 Å². The number of primary amides is 2. The van der Waals surface area contributed by atoms with Crippen molar-refractivity contribution in [3.63, 3.8) is 0 Å². The highest BCUT2D eigenvalue weighted by molar-refractivity contribution is 5.94. The molecule has 0 fully saturated rings. The maximum Gasteiger partial charge on any atom is 0.408 e. The summed E-state index contributed by atoms with van der Waals surface area (Å²) in [6, 6.07) is 22.7. The van der Waals surface area contributed by atoms with Gasteiger partial charge in [-0.2, -0.15) is 0 Å². The number of carbonyl (C=O) groups is 3. The lowest BCUT2D eigenvalue weighted by atomic mass is 9.64. The van der Waals surface area contributed by atoms with E-state index in [-0.39, 0.29) is 19.1 Å². The van der Waals surface area contributed by atoms with Crippen molar-refractivity contribution in [1.82, 2.24) is 15.3 Å². The zero-order valence-corrected chi connectivity index (χ0v) is 28.8. The van der Waals surface area contributed by atoms with Crippen LogP contribution in [0.5, 0.6) is 0 Å². The predicted molar refractivity (Wildman–Crippen MR) is 186 cm³/mol. The molecule has 10 nitrogen and oxygen atoms in total. The third-order valence-corrected chi connectivity index (χ3v) is 8.42. The summed E-state index contributed by atoms with van der Waals surface area (Å²) >= 11 is 0. The number of carbonyl (C=O) groups excluding carboxylic acids is 3. The van der Waals surface area contributed by atoms with Gasteiger partial charge in [-0.05, 0) is 80.5 Å². The van der Waals surface area contributed by atoms with Crippen molar-refractivity contribution < 1.29 is 23.9 Å². The second-order valence-electron chi connectivity index (χ2n) is 13.6. The lowest BCUT2D eigenvalue weighted by Gasteiger charge is -2.46. The van der Waals surface area contributed by atoms with Crippen molar-refractivity contribution in [3.05, 3.63) is 113 Å². The summed E-state index contributed by atoms with van der Waals surface area (Å²) < 4.78 is 12.1. The lowest BCUT2D eigenvalue weighted by Crippen LogP contribution is -2.67. The highest BCUT2D eigenvalue weighted by atomic mass is 16.6. The summed E-state index contributed by atoms with van der Waals surface area (Å²) in [5, 5.41) is 2.99. The number of aromatic amines is 1. The number of hydrogen-bond acceptors (Lipinski definition) is 6. The Balaban J connectivity index is 1.99. The molecule has 10 heteroatoms. The fraction of sp³-hybridized carbons (Fsp3) is 0.368. The average Bonchev–Trinajstić information content (AvgIpc) is 3.50. The third-order valence-electron chi connectivity index (χ3n) is 8.42. The number of amides is 3. The van der Waals surface area contributed by atoms with Gasteiger partial charge in [-0.25, -0.2) is 9.78 Å². The maximum absolute atomic E-state index is 14.3. The zero-order valence-electron chi connectivity index (χ0n) is 28.8. The molecule has 0 saturated heterocycles. The van der Waals surface area contributed by atoms with Crippen molar-refractivity contribution in [2.75, 3.05) is 6.61 Å². The van der Waals surface area contributed by atoms with E-state index in [1.54, 1.807) is 39.1 Å². The molecule has 0 radical (unpaired) electrons. The van der Waals surface area contributed by atoms with Crippen LogP contribution in [0.1, 0.15) is 84.9 Å². The number of hydrogen-bond donors (Lipinski definition) is 4. The molecule has 3 unspecified atom stereocenters. The molecule has 0 aliphatic carbocycles. The summed E-state index contributed by atoms with van der Waals surface area (Å²) in [7, 11) is 0. The summed E-state index contributed by atoms with van der Waals surface area (Å²) in [6.45, 7) is 13.0. The molecule has 0 aliphatic rings. The molecule has 1 heterocycles. The first-order valence-corrected chi connectivity index (χ1v) is 16.1. The van der Waals surface area contributed by atoms with Crippen LogP contribution in [0.4, 0.5) is 4.79 Å². The summed E-state index contributed by atoms with van der Waals surface area (Å²) in [5.41, 5.74) is 14.5. The van der Waals surface area contributed by atoms with Crippen molar-refractivity contribution in [2.45, 2.75) is 78.0 Å². The van der Waals surface area contributed by atoms with E-state index in [4.69, 9.17) is 25.9 Å². The first-order chi connectivity index (χ1) is 22.6. The second kappa shape index (κ2) is 14.9. The minimum Gasteiger partial charge on any atom is -0.444 e. The quantitative estimate of drug-likeness (QED) is 0.133. The Labute approximate surface area is 282 Å². The normalized spacial score (nSPS) is 14.2. The molecule has 0 spiro atoms. The topological polar surface area (TPSA) is 162 Å². The number of H-pyrrole nitrogens is 1. The average molecular weight is 654 g/mol. The Morgan fingerprint density at radius 1 is 0.917 bits per heavy atom. The number of nitrogens with one attached hydrogen (secondary N) is 2. The molecule has 4 aromatic rings. The zero-order chi connectivity index (χ0) is 35.2. The summed E-state index contributed by atoms with van der Waals surface area (Å²) in [5.74, 6) is -2.91. The number of aromatic nitrogens is 2. The van der Waals surface area contributed by atoms with Gasteiger partial charge in [0.25, 0.3) is 0 Å². The van der Waals surface area contributed by atoms with Gasteiger partial charge in [0.05, 0.1) is 31.0 Å². The maximum atomic E-state index is 14.3. The van der Waals surface area contributed by atoms with Crippen LogP contribution in [0.3, 0.4) is 0 Å². The molecule has 3 atom stereocenters. The lowest BCUT2D eigenvalue weighted by molar-refractivity contribution is -0.128. The Bertz CT molecular complexity index is 1710. The SMILES string of the molecule is Cc1cc(C(N)=O)cc(C)c1C(C(C)C)C(NC(=O)OC(C)(C)C)(C(N)=O)C(COCc1ccccc1)c1ncc(-c2ccccc2)[nH]1. The van der Waals surface area contributed by atoms with Gasteiger partial charge in [-0.3, -0.25) is 9.59 Å². The predicted octanol–water partition coefficient (Wildman–Crippen LogP) is 6.28. The fourth-order valence-corrected chi connectivity index (χ4v) is 6.51. The molecule has 0 saturated carbocycles. The van der Waals surface area contributed by atoms with Gasteiger partial charge in [0, 0.05) is 11.5 Å². The van der Waals surface area contributed by atoms with Crippen LogP contribution in [0.25, 0.3) is 11.3 Å². The third kappa shape index (κ3) is 8.12. The number of ether oxygens (including phenoxy) is 2. The van der Waals surface area contributed by atoms with Gasteiger partial charge >= 0.3 is 6.09 Å². The van der Waals surface area contributed by atoms with E-state index in [1.165, 1.54) is 0 Å². The van der Waals surface area contributed by atoms with Crippen molar-refractivity contribution in [2.24, 2.45) is 17.4 Å². The molecule has 254 valence electrons. The summed E-state index contributed by atoms with van der Waals surface area (Å²) in [6.07, 6.45) is 0.871. The molecular weight excluding hydrogens is 606 g/mol. The van der Waals surface area contributed by atoms with E-state index < -0.39 is 40.9 Å². The number of nitrogens with zero attached hydrogens (tertiary/aromatic N) is 1. The number of alkyl carbamates (subject to hydrolysis) is 1. The van der Waals surface area contributed by atoms with Crippen molar-refractivity contribution in [1.29, 1.82) is 0 Å². The van der Waals surface area contributed by atoms with Gasteiger partial charge in [0.15, 0.2) is 0 Å². The highest BCUT2D eigenvalue weighted by Gasteiger charge is 2.56. The van der Waals surface area contributed by atoms with Crippen LogP contribution in [-0.2, 0) is 20.9 Å². The molecule has 0 aliphatic heterocycles. The van der Waals surface area contributed by atoms with Crippen LogP contribution in [0, 0.1) is 19.8 Å². The number of rotatable bonds is 13. The van der Waals surface area contributed by atoms with Crippen molar-refractivity contribution in [3.8, 4) is 11.3 Å². The molecule has 48 heavy (non-hydrogen) atoms. The first-order valence-electron chi connectivity index (χ1n) is 16.1. The Morgan fingerprint density at radius 3 is 2.02 bits per heavy atom. The Morgan fingerprint density at radius 2 is 1.50 bits per heavy atom. The van der Waals surface area contributed by atoms with E-state index in [1.807, 2.05) is 88.4 Å². The standard InChI is InChI=1S/C38H47N5O5/c1-23(2)32(31-24(3)18-28(33(39)44)19-25(31)4)38(35(40)45,43-36(46)48-37(5,6)7)29(22-47-21-26-14-10-8-11-15-26)34-41-20-30(42-34)27-16-12-9-13-17-27/h8-20,23,29,32H,21-22H2,1-7H3,(H2,39,44)(H2,40,45)(H,41,42)(H,43,46).